The van der Waals surface area contributed by atoms with Gasteiger partial charge in [-0.05, 0) is 18.9 Å². The summed E-state index contributed by atoms with van der Waals surface area (Å²) in [6.07, 6.45) is 10.6. The highest BCUT2D eigenvalue weighted by atomic mass is 32.2. The van der Waals surface area contributed by atoms with E-state index in [1.807, 2.05) is 25.5 Å². The van der Waals surface area contributed by atoms with Crippen molar-refractivity contribution in [3.8, 4) is 0 Å². The SMILES string of the molecule is CN=C(NCCN1CCN(c2ncccn2)CC1)N1CCSC2(CCCCC2)C1. The molecule has 2 saturated heterocycles. The highest BCUT2D eigenvalue weighted by molar-refractivity contribution is 8.00. The van der Waals surface area contributed by atoms with Crippen LogP contribution in [0.1, 0.15) is 32.1 Å². The van der Waals surface area contributed by atoms with Crippen molar-refractivity contribution in [2.24, 2.45) is 4.99 Å². The van der Waals surface area contributed by atoms with Gasteiger partial charge in [0.15, 0.2) is 5.96 Å². The summed E-state index contributed by atoms with van der Waals surface area (Å²) in [6.45, 7) is 8.37. The minimum absolute atomic E-state index is 0.476. The van der Waals surface area contributed by atoms with E-state index in [9.17, 15) is 0 Å². The Morgan fingerprint density at radius 1 is 1.10 bits per heavy atom. The molecule has 7 nitrogen and oxygen atoms in total. The summed E-state index contributed by atoms with van der Waals surface area (Å²) in [4.78, 5) is 20.7. The molecular weight excluding hydrogens is 382 g/mol. The zero-order valence-electron chi connectivity index (χ0n) is 17.7. The molecule has 3 heterocycles. The van der Waals surface area contributed by atoms with Crippen LogP contribution in [0.25, 0.3) is 0 Å². The van der Waals surface area contributed by atoms with Gasteiger partial charge in [0, 0.05) is 82.3 Å². The van der Waals surface area contributed by atoms with Gasteiger partial charge in [-0.3, -0.25) is 9.89 Å². The van der Waals surface area contributed by atoms with Gasteiger partial charge in [-0.2, -0.15) is 11.8 Å². The zero-order chi connectivity index (χ0) is 19.9. The van der Waals surface area contributed by atoms with Crippen molar-refractivity contribution in [1.82, 2.24) is 25.1 Å². The van der Waals surface area contributed by atoms with E-state index in [2.05, 4.69) is 46.7 Å². The smallest absolute Gasteiger partial charge is 0.225 e. The molecule has 1 aromatic rings. The molecule has 1 saturated carbocycles. The Morgan fingerprint density at radius 3 is 2.59 bits per heavy atom. The minimum atomic E-state index is 0.476. The first-order chi connectivity index (χ1) is 14.3. The van der Waals surface area contributed by atoms with Gasteiger partial charge in [-0.25, -0.2) is 9.97 Å². The van der Waals surface area contributed by atoms with Crippen molar-refractivity contribution in [1.29, 1.82) is 0 Å². The maximum atomic E-state index is 4.60. The summed E-state index contributed by atoms with van der Waals surface area (Å²) in [5, 5.41) is 3.64. The van der Waals surface area contributed by atoms with Crippen molar-refractivity contribution < 1.29 is 0 Å². The molecule has 3 aliphatic rings. The molecule has 0 radical (unpaired) electrons. The highest BCUT2D eigenvalue weighted by Gasteiger charge is 2.38. The number of piperazine rings is 1. The molecule has 4 rings (SSSR count). The Bertz CT molecular complexity index is 649. The van der Waals surface area contributed by atoms with Crippen molar-refractivity contribution in [3.05, 3.63) is 18.5 Å². The number of hydrogen-bond acceptors (Lipinski definition) is 6. The van der Waals surface area contributed by atoms with Crippen LogP contribution in [0.15, 0.2) is 23.5 Å². The molecule has 1 spiro atoms. The number of anilines is 1. The van der Waals surface area contributed by atoms with Crippen LogP contribution in [0.2, 0.25) is 0 Å². The van der Waals surface area contributed by atoms with Crippen LogP contribution >= 0.6 is 11.8 Å². The van der Waals surface area contributed by atoms with E-state index in [-0.39, 0.29) is 0 Å². The van der Waals surface area contributed by atoms with E-state index >= 15 is 0 Å². The van der Waals surface area contributed by atoms with Crippen LogP contribution in [0.4, 0.5) is 5.95 Å². The van der Waals surface area contributed by atoms with Crippen molar-refractivity contribution in [3.63, 3.8) is 0 Å². The number of hydrogen-bond donors (Lipinski definition) is 1. The van der Waals surface area contributed by atoms with Crippen molar-refractivity contribution in [2.75, 3.05) is 70.1 Å². The van der Waals surface area contributed by atoms with Gasteiger partial charge in [-0.15, -0.1) is 0 Å². The van der Waals surface area contributed by atoms with Crippen molar-refractivity contribution in [2.45, 2.75) is 36.9 Å². The van der Waals surface area contributed by atoms with Gasteiger partial charge in [0.2, 0.25) is 5.95 Å². The fourth-order valence-corrected chi connectivity index (χ4v) is 6.38. The summed E-state index contributed by atoms with van der Waals surface area (Å²) in [7, 11) is 1.93. The molecule has 0 amide bonds. The van der Waals surface area contributed by atoms with Gasteiger partial charge in [0.1, 0.15) is 0 Å². The van der Waals surface area contributed by atoms with Crippen LogP contribution in [0.5, 0.6) is 0 Å². The average molecular weight is 418 g/mol. The predicted octanol–water partition coefficient (Wildman–Crippen LogP) is 1.93. The largest absolute Gasteiger partial charge is 0.355 e. The zero-order valence-corrected chi connectivity index (χ0v) is 18.5. The molecule has 1 aliphatic carbocycles. The van der Waals surface area contributed by atoms with Gasteiger partial charge in [-0.1, -0.05) is 19.3 Å². The maximum Gasteiger partial charge on any atom is 0.225 e. The van der Waals surface area contributed by atoms with E-state index in [1.54, 1.807) is 0 Å². The highest BCUT2D eigenvalue weighted by Crippen LogP contribution is 2.42. The Balaban J connectivity index is 1.21. The summed E-state index contributed by atoms with van der Waals surface area (Å²) >= 11 is 2.22. The first-order valence-electron chi connectivity index (χ1n) is 11.1. The summed E-state index contributed by atoms with van der Waals surface area (Å²) in [6, 6.07) is 1.87. The summed E-state index contributed by atoms with van der Waals surface area (Å²) in [5.41, 5.74) is 0. The van der Waals surface area contributed by atoms with Crippen LogP contribution in [-0.2, 0) is 0 Å². The molecule has 29 heavy (non-hydrogen) atoms. The molecule has 2 aliphatic heterocycles. The fraction of sp³-hybridized carbons (Fsp3) is 0.762. The number of aliphatic imine (C=N–C) groups is 1. The maximum absolute atomic E-state index is 4.60. The topological polar surface area (TPSA) is 59.9 Å². The summed E-state index contributed by atoms with van der Waals surface area (Å²) in [5.74, 6) is 3.17. The third kappa shape index (κ3) is 5.34. The number of aromatic nitrogens is 2. The first-order valence-corrected chi connectivity index (χ1v) is 12.1. The molecule has 0 bridgehead atoms. The van der Waals surface area contributed by atoms with E-state index in [0.717, 1.165) is 64.3 Å². The standard InChI is InChI=1S/C21H35N7S/c1-22-19(28-16-17-29-21(18-28)6-3-2-4-7-21)25-10-11-26-12-14-27(15-13-26)20-23-8-5-9-24-20/h5,8-9H,2-4,6-7,10-18H2,1H3,(H,22,25). The Morgan fingerprint density at radius 2 is 1.86 bits per heavy atom. The second-order valence-corrected chi connectivity index (χ2v) is 9.93. The molecule has 1 aromatic heterocycles. The number of thioether (sulfide) groups is 1. The lowest BCUT2D eigenvalue weighted by Gasteiger charge is -2.45. The van der Waals surface area contributed by atoms with E-state index in [0.29, 0.717) is 4.75 Å². The van der Waals surface area contributed by atoms with Crippen molar-refractivity contribution >= 4 is 23.7 Å². The van der Waals surface area contributed by atoms with Gasteiger partial charge in [0.25, 0.3) is 0 Å². The Hall–Kier alpha value is -1.54. The van der Waals surface area contributed by atoms with Crippen LogP contribution in [-0.4, -0.2) is 95.6 Å². The van der Waals surface area contributed by atoms with Gasteiger partial charge >= 0.3 is 0 Å². The predicted molar refractivity (Wildman–Crippen MR) is 122 cm³/mol. The van der Waals surface area contributed by atoms with Crippen LogP contribution < -0.4 is 10.2 Å². The van der Waals surface area contributed by atoms with Gasteiger partial charge < -0.3 is 15.1 Å². The molecule has 8 heteroatoms. The third-order valence-corrected chi connectivity index (χ3v) is 7.98. The Labute approximate surface area is 179 Å². The molecule has 160 valence electrons. The third-order valence-electron chi connectivity index (χ3n) is 6.44. The number of guanidine groups is 1. The molecule has 3 fully saturated rings. The fourth-order valence-electron chi connectivity index (χ4n) is 4.81. The molecule has 1 N–H and O–H groups in total. The molecular formula is C21H35N7S. The van der Waals surface area contributed by atoms with E-state index in [4.69, 9.17) is 0 Å². The van der Waals surface area contributed by atoms with E-state index < -0.39 is 0 Å². The van der Waals surface area contributed by atoms with E-state index in [1.165, 1.54) is 37.9 Å². The first kappa shape index (κ1) is 20.7. The number of nitrogens with one attached hydrogen (secondary N) is 1. The second-order valence-electron chi connectivity index (χ2n) is 8.37. The lowest BCUT2D eigenvalue weighted by molar-refractivity contribution is 0.257. The summed E-state index contributed by atoms with van der Waals surface area (Å²) < 4.78 is 0.476. The molecule has 0 atom stereocenters. The second kappa shape index (κ2) is 9.98. The quantitative estimate of drug-likeness (QED) is 0.593. The number of nitrogens with zero attached hydrogens (tertiary/aromatic N) is 6. The average Bonchev–Trinajstić information content (AvgIpc) is 2.78. The molecule has 0 unspecified atom stereocenters. The van der Waals surface area contributed by atoms with Crippen LogP contribution in [0, 0.1) is 0 Å². The lowest BCUT2D eigenvalue weighted by atomic mass is 9.87. The normalized spacial score (nSPS) is 23.4. The molecule has 0 aromatic carbocycles. The van der Waals surface area contributed by atoms with Crippen LogP contribution in [0.3, 0.4) is 0 Å². The lowest BCUT2D eigenvalue weighted by Crippen LogP contribution is -2.54. The van der Waals surface area contributed by atoms with Gasteiger partial charge in [0.05, 0.1) is 0 Å². The minimum Gasteiger partial charge on any atom is -0.355 e. The Kier molecular flexibility index (Phi) is 7.13. The monoisotopic (exact) mass is 417 g/mol. The number of rotatable bonds is 4.